The molecule has 1 fully saturated rings. The van der Waals surface area contributed by atoms with Gasteiger partial charge in [0.05, 0.1) is 0 Å². The second kappa shape index (κ2) is 12.8. The van der Waals surface area contributed by atoms with Crippen LogP contribution in [0.3, 0.4) is 0 Å². The molecule has 5 atom stereocenters. The van der Waals surface area contributed by atoms with Crippen molar-refractivity contribution in [2.75, 3.05) is 0 Å². The molecule has 5 unspecified atom stereocenters. The van der Waals surface area contributed by atoms with E-state index in [1.54, 1.807) is 25.7 Å². The summed E-state index contributed by atoms with van der Waals surface area (Å²) in [5.74, 6) is 0.00945. The minimum Gasteiger partial charge on any atom is -0.444 e. The molecule has 0 heterocycles. The molecule has 0 aromatic heterocycles. The van der Waals surface area contributed by atoms with Crippen molar-refractivity contribution in [2.24, 2.45) is 11.8 Å². The fourth-order valence-corrected chi connectivity index (χ4v) is 4.93. The summed E-state index contributed by atoms with van der Waals surface area (Å²) in [5, 5.41) is 5.99. The SMILES string of the molecule is CCCC(C)NC(=O)C(c1cc(C)cc(C)c1)N(C(=O)C(CC(C)C)NC(=O)OC(C)(C)C)C1CC1C. The largest absolute Gasteiger partial charge is 0.444 e. The highest BCUT2D eigenvalue weighted by molar-refractivity contribution is 5.92. The van der Waals surface area contributed by atoms with E-state index in [2.05, 4.69) is 30.5 Å². The fraction of sp³-hybridized carbons (Fsp3) is 0.700. The number of carbonyl (C=O) groups is 3. The topological polar surface area (TPSA) is 87.7 Å². The van der Waals surface area contributed by atoms with Crippen molar-refractivity contribution in [3.63, 3.8) is 0 Å². The van der Waals surface area contributed by atoms with Crippen molar-refractivity contribution >= 4 is 17.9 Å². The van der Waals surface area contributed by atoms with E-state index in [0.29, 0.717) is 6.42 Å². The third-order valence-corrected chi connectivity index (χ3v) is 6.57. The van der Waals surface area contributed by atoms with Crippen LogP contribution < -0.4 is 10.6 Å². The lowest BCUT2D eigenvalue weighted by atomic mass is 9.96. The summed E-state index contributed by atoms with van der Waals surface area (Å²) in [6, 6.07) is 4.40. The third-order valence-electron chi connectivity index (χ3n) is 6.57. The molecule has 0 radical (unpaired) electrons. The standard InChI is InChI=1S/C30H49N3O4/c1-11-12-22(7)31-27(34)26(23-15-19(4)14-20(5)16-23)33(25-17-21(25)6)28(35)24(13-18(2)3)32-29(36)37-30(8,9)10/h14-16,18,21-22,24-26H,11-13,17H2,1-10H3,(H,31,34)(H,32,36). The van der Waals surface area contributed by atoms with Crippen LogP contribution in [0, 0.1) is 25.7 Å². The Labute approximate surface area is 224 Å². The molecule has 2 rings (SSSR count). The molecule has 208 valence electrons. The number of amides is 3. The van der Waals surface area contributed by atoms with Gasteiger partial charge in [-0.05, 0) is 78.2 Å². The van der Waals surface area contributed by atoms with E-state index >= 15 is 0 Å². The van der Waals surface area contributed by atoms with Crippen LogP contribution >= 0.6 is 0 Å². The highest BCUT2D eigenvalue weighted by Gasteiger charge is 2.48. The minimum absolute atomic E-state index is 0.00849. The predicted octanol–water partition coefficient (Wildman–Crippen LogP) is 5.83. The molecular formula is C30H49N3O4. The minimum atomic E-state index is -0.795. The molecule has 1 aromatic rings. The molecular weight excluding hydrogens is 466 g/mol. The zero-order valence-electron chi connectivity index (χ0n) is 24.6. The van der Waals surface area contributed by atoms with Crippen molar-refractivity contribution < 1.29 is 19.1 Å². The van der Waals surface area contributed by atoms with Crippen LogP contribution in [0.25, 0.3) is 0 Å². The van der Waals surface area contributed by atoms with Gasteiger partial charge in [0, 0.05) is 12.1 Å². The predicted molar refractivity (Wildman–Crippen MR) is 148 cm³/mol. The monoisotopic (exact) mass is 515 g/mol. The van der Waals surface area contributed by atoms with Crippen LogP contribution in [-0.4, -0.2) is 46.5 Å². The van der Waals surface area contributed by atoms with Crippen LogP contribution in [0.1, 0.15) is 104 Å². The van der Waals surface area contributed by atoms with Crippen molar-refractivity contribution in [3.05, 3.63) is 34.9 Å². The first-order chi connectivity index (χ1) is 17.1. The van der Waals surface area contributed by atoms with E-state index in [4.69, 9.17) is 4.74 Å². The number of rotatable bonds is 11. The Hall–Kier alpha value is -2.57. The molecule has 0 aliphatic heterocycles. The van der Waals surface area contributed by atoms with Gasteiger partial charge < -0.3 is 20.3 Å². The number of aryl methyl sites for hydroxylation is 2. The lowest BCUT2D eigenvalue weighted by Crippen LogP contribution is -2.55. The molecule has 1 aliphatic rings. The molecule has 1 aliphatic carbocycles. The van der Waals surface area contributed by atoms with Gasteiger partial charge in [0.2, 0.25) is 11.8 Å². The second-order valence-corrected chi connectivity index (χ2v) is 12.4. The summed E-state index contributed by atoms with van der Waals surface area (Å²) >= 11 is 0. The molecule has 0 saturated heterocycles. The lowest BCUT2D eigenvalue weighted by molar-refractivity contribution is -0.144. The number of carbonyl (C=O) groups excluding carboxylic acids is 3. The number of alkyl carbamates (subject to hydrolysis) is 1. The van der Waals surface area contributed by atoms with Gasteiger partial charge in [-0.25, -0.2) is 4.79 Å². The Bertz CT molecular complexity index is 932. The van der Waals surface area contributed by atoms with Gasteiger partial charge >= 0.3 is 6.09 Å². The molecule has 0 bridgehead atoms. The van der Waals surface area contributed by atoms with Gasteiger partial charge in [-0.3, -0.25) is 9.59 Å². The Balaban J connectivity index is 2.53. The Morgan fingerprint density at radius 3 is 2.08 bits per heavy atom. The molecule has 1 aromatic carbocycles. The Kier molecular flexibility index (Phi) is 10.6. The molecule has 7 heteroatoms. The van der Waals surface area contributed by atoms with Crippen molar-refractivity contribution in [3.8, 4) is 0 Å². The first-order valence-corrected chi connectivity index (χ1v) is 13.8. The van der Waals surface area contributed by atoms with Crippen LogP contribution in [0.15, 0.2) is 18.2 Å². The van der Waals surface area contributed by atoms with Gasteiger partial charge in [-0.2, -0.15) is 0 Å². The Morgan fingerprint density at radius 2 is 1.62 bits per heavy atom. The normalized spacial score (nSPS) is 19.5. The summed E-state index contributed by atoms with van der Waals surface area (Å²) in [4.78, 5) is 42.6. The summed E-state index contributed by atoms with van der Waals surface area (Å²) in [6.45, 7) is 19.6. The number of hydrogen-bond acceptors (Lipinski definition) is 4. The lowest BCUT2D eigenvalue weighted by Gasteiger charge is -2.36. The summed E-state index contributed by atoms with van der Waals surface area (Å²) in [7, 11) is 0. The first-order valence-electron chi connectivity index (χ1n) is 13.8. The fourth-order valence-electron chi connectivity index (χ4n) is 4.93. The van der Waals surface area contributed by atoms with Gasteiger partial charge in [0.25, 0.3) is 0 Å². The highest BCUT2D eigenvalue weighted by Crippen LogP contribution is 2.41. The molecule has 3 amide bonds. The summed E-state index contributed by atoms with van der Waals surface area (Å²) in [6.07, 6.45) is 2.46. The molecule has 37 heavy (non-hydrogen) atoms. The third kappa shape index (κ3) is 9.35. The van der Waals surface area contributed by atoms with Crippen LogP contribution in [0.4, 0.5) is 4.79 Å². The smallest absolute Gasteiger partial charge is 0.408 e. The maximum absolute atomic E-state index is 14.3. The zero-order valence-corrected chi connectivity index (χ0v) is 24.6. The maximum Gasteiger partial charge on any atom is 0.408 e. The van der Waals surface area contributed by atoms with Crippen molar-refractivity contribution in [1.29, 1.82) is 0 Å². The van der Waals surface area contributed by atoms with Gasteiger partial charge in [-0.15, -0.1) is 0 Å². The van der Waals surface area contributed by atoms with Crippen molar-refractivity contribution in [1.82, 2.24) is 15.5 Å². The Morgan fingerprint density at radius 1 is 1.05 bits per heavy atom. The zero-order chi connectivity index (χ0) is 28.1. The first kappa shape index (κ1) is 30.7. The average Bonchev–Trinajstić information content (AvgIpc) is 3.44. The number of nitrogens with zero attached hydrogens (tertiary/aromatic N) is 1. The van der Waals surface area contributed by atoms with E-state index in [1.165, 1.54) is 0 Å². The summed E-state index contributed by atoms with van der Waals surface area (Å²) in [5.41, 5.74) is 2.19. The number of benzene rings is 1. The quantitative estimate of drug-likeness (QED) is 0.388. The molecule has 7 nitrogen and oxygen atoms in total. The van der Waals surface area contributed by atoms with Gasteiger partial charge in [0.1, 0.15) is 17.7 Å². The van der Waals surface area contributed by atoms with E-state index < -0.39 is 23.8 Å². The van der Waals surface area contributed by atoms with E-state index in [0.717, 1.165) is 36.0 Å². The van der Waals surface area contributed by atoms with Gasteiger partial charge in [0.15, 0.2) is 0 Å². The van der Waals surface area contributed by atoms with Crippen LogP contribution in [0.5, 0.6) is 0 Å². The highest BCUT2D eigenvalue weighted by atomic mass is 16.6. The van der Waals surface area contributed by atoms with E-state index in [1.807, 2.05) is 46.8 Å². The van der Waals surface area contributed by atoms with Crippen LogP contribution in [0.2, 0.25) is 0 Å². The maximum atomic E-state index is 14.3. The second-order valence-electron chi connectivity index (χ2n) is 12.4. The molecule has 0 spiro atoms. The van der Waals surface area contributed by atoms with Gasteiger partial charge in [-0.1, -0.05) is 63.4 Å². The summed E-state index contributed by atoms with van der Waals surface area (Å²) < 4.78 is 5.48. The van der Waals surface area contributed by atoms with Crippen LogP contribution in [-0.2, 0) is 14.3 Å². The molecule has 1 saturated carbocycles. The average molecular weight is 516 g/mol. The number of nitrogens with one attached hydrogen (secondary N) is 2. The molecule has 2 N–H and O–H groups in total. The number of ether oxygens (including phenoxy) is 1. The van der Waals surface area contributed by atoms with E-state index in [9.17, 15) is 14.4 Å². The van der Waals surface area contributed by atoms with Crippen molar-refractivity contribution in [2.45, 2.75) is 125 Å². The number of hydrogen-bond donors (Lipinski definition) is 2. The van der Waals surface area contributed by atoms with E-state index in [-0.39, 0.29) is 35.7 Å².